The Morgan fingerprint density at radius 3 is 2.38 bits per heavy atom. The zero-order valence-electron chi connectivity index (χ0n) is 7.49. The van der Waals surface area contributed by atoms with E-state index in [0.717, 1.165) is 19.3 Å². The molecule has 13 heavy (non-hydrogen) atoms. The first-order valence-electron chi connectivity index (χ1n) is 4.55. The second-order valence-electron chi connectivity index (χ2n) is 3.31. The molecule has 2 amide bonds. The second-order valence-corrected chi connectivity index (χ2v) is 3.31. The highest BCUT2D eigenvalue weighted by Gasteiger charge is 2.20. The van der Waals surface area contributed by atoms with E-state index in [0.29, 0.717) is 0 Å². The zero-order valence-corrected chi connectivity index (χ0v) is 7.49. The molecular weight excluding hydrogens is 172 g/mol. The molecule has 0 radical (unpaired) electrons. The molecule has 5 heteroatoms. The van der Waals surface area contributed by atoms with Gasteiger partial charge in [0.1, 0.15) is 0 Å². The van der Waals surface area contributed by atoms with Gasteiger partial charge in [-0.05, 0) is 19.3 Å². The molecule has 0 heterocycles. The number of hydrogen-bond donors (Lipinski definition) is 4. The number of urea groups is 1. The van der Waals surface area contributed by atoms with Crippen LogP contribution in [0.2, 0.25) is 0 Å². The van der Waals surface area contributed by atoms with Gasteiger partial charge in [-0.15, -0.1) is 0 Å². The van der Waals surface area contributed by atoms with Crippen LogP contribution in [0.3, 0.4) is 0 Å². The fourth-order valence-electron chi connectivity index (χ4n) is 1.11. The van der Waals surface area contributed by atoms with Gasteiger partial charge >= 0.3 is 6.03 Å². The Labute approximate surface area is 77.1 Å². The predicted molar refractivity (Wildman–Crippen MR) is 47.3 cm³/mol. The summed E-state index contributed by atoms with van der Waals surface area (Å²) in [6.07, 6.45) is 3.21. The van der Waals surface area contributed by atoms with E-state index >= 15 is 0 Å². The number of nitrogens with one attached hydrogen (secondary N) is 2. The van der Waals surface area contributed by atoms with E-state index in [1.165, 1.54) is 0 Å². The van der Waals surface area contributed by atoms with Crippen molar-refractivity contribution in [1.82, 2.24) is 10.6 Å². The molecule has 1 fully saturated rings. The van der Waals surface area contributed by atoms with Gasteiger partial charge < -0.3 is 20.8 Å². The average molecular weight is 188 g/mol. The minimum atomic E-state index is -0.555. The molecule has 1 rings (SSSR count). The van der Waals surface area contributed by atoms with Gasteiger partial charge in [-0.3, -0.25) is 0 Å². The SMILES string of the molecule is O=C(NC(CO)CO)NC1CCC1. The van der Waals surface area contributed by atoms with Gasteiger partial charge in [0, 0.05) is 6.04 Å². The van der Waals surface area contributed by atoms with Crippen molar-refractivity contribution in [2.24, 2.45) is 0 Å². The molecule has 1 aliphatic carbocycles. The number of aliphatic hydroxyl groups is 2. The van der Waals surface area contributed by atoms with E-state index in [-0.39, 0.29) is 25.3 Å². The summed E-state index contributed by atoms with van der Waals surface area (Å²) in [4.78, 5) is 11.1. The fraction of sp³-hybridized carbons (Fsp3) is 0.875. The van der Waals surface area contributed by atoms with Gasteiger partial charge in [-0.2, -0.15) is 0 Å². The lowest BCUT2D eigenvalue weighted by Gasteiger charge is -2.27. The van der Waals surface area contributed by atoms with Crippen molar-refractivity contribution in [2.45, 2.75) is 31.3 Å². The summed E-state index contributed by atoms with van der Waals surface area (Å²) < 4.78 is 0. The molecule has 0 aromatic rings. The van der Waals surface area contributed by atoms with Crippen LogP contribution in [-0.4, -0.2) is 41.5 Å². The summed E-state index contributed by atoms with van der Waals surface area (Å²) in [5.74, 6) is 0. The Bertz CT molecular complexity index is 167. The monoisotopic (exact) mass is 188 g/mol. The van der Waals surface area contributed by atoms with E-state index in [4.69, 9.17) is 10.2 Å². The lowest BCUT2D eigenvalue weighted by molar-refractivity contribution is 0.166. The van der Waals surface area contributed by atoms with Crippen LogP contribution in [0.1, 0.15) is 19.3 Å². The number of carbonyl (C=O) groups is 1. The van der Waals surface area contributed by atoms with E-state index in [9.17, 15) is 4.79 Å². The maximum absolute atomic E-state index is 11.1. The van der Waals surface area contributed by atoms with Crippen LogP contribution in [0.15, 0.2) is 0 Å². The fourth-order valence-corrected chi connectivity index (χ4v) is 1.11. The van der Waals surface area contributed by atoms with Crippen molar-refractivity contribution in [3.05, 3.63) is 0 Å². The van der Waals surface area contributed by atoms with Crippen LogP contribution >= 0.6 is 0 Å². The first kappa shape index (κ1) is 10.3. The molecule has 1 saturated carbocycles. The molecule has 1 aliphatic rings. The molecule has 0 aromatic carbocycles. The minimum absolute atomic E-state index is 0.241. The zero-order chi connectivity index (χ0) is 9.68. The Morgan fingerprint density at radius 1 is 1.38 bits per heavy atom. The molecule has 5 nitrogen and oxygen atoms in total. The van der Waals surface area contributed by atoms with Gasteiger partial charge in [-0.25, -0.2) is 4.79 Å². The van der Waals surface area contributed by atoms with Crippen molar-refractivity contribution in [3.8, 4) is 0 Å². The van der Waals surface area contributed by atoms with Gasteiger partial charge in [-0.1, -0.05) is 0 Å². The van der Waals surface area contributed by atoms with Crippen molar-refractivity contribution in [1.29, 1.82) is 0 Å². The molecular formula is C8H16N2O3. The standard InChI is InChI=1S/C8H16N2O3/c11-4-7(5-12)10-8(13)9-6-2-1-3-6/h6-7,11-12H,1-5H2,(H2,9,10,13). The number of aliphatic hydroxyl groups excluding tert-OH is 2. The summed E-state index contributed by atoms with van der Waals surface area (Å²) in [7, 11) is 0. The molecule has 0 unspecified atom stereocenters. The first-order chi connectivity index (χ1) is 6.26. The molecule has 4 N–H and O–H groups in total. The number of amides is 2. The van der Waals surface area contributed by atoms with Gasteiger partial charge in [0.15, 0.2) is 0 Å². The normalized spacial score (nSPS) is 16.8. The van der Waals surface area contributed by atoms with E-state index in [1.54, 1.807) is 0 Å². The Hall–Kier alpha value is -0.810. The maximum atomic E-state index is 11.1. The molecule has 76 valence electrons. The molecule has 0 aromatic heterocycles. The number of carbonyl (C=O) groups excluding carboxylic acids is 1. The quantitative estimate of drug-likeness (QED) is 0.466. The third kappa shape index (κ3) is 3.20. The van der Waals surface area contributed by atoms with Gasteiger partial charge in [0.05, 0.1) is 19.3 Å². The van der Waals surface area contributed by atoms with Crippen LogP contribution < -0.4 is 10.6 Å². The second kappa shape index (κ2) is 5.04. The molecule has 0 aliphatic heterocycles. The van der Waals surface area contributed by atoms with Crippen LogP contribution in [0.25, 0.3) is 0 Å². The molecule has 0 bridgehead atoms. The summed E-state index contributed by atoms with van der Waals surface area (Å²) in [6, 6.07) is -0.587. The predicted octanol–water partition coefficient (Wildman–Crippen LogP) is -0.809. The smallest absolute Gasteiger partial charge is 0.315 e. The summed E-state index contributed by atoms with van der Waals surface area (Å²) in [5, 5.41) is 22.6. The van der Waals surface area contributed by atoms with Crippen LogP contribution in [0.5, 0.6) is 0 Å². The largest absolute Gasteiger partial charge is 0.394 e. The number of hydrogen-bond acceptors (Lipinski definition) is 3. The highest BCUT2D eigenvalue weighted by Crippen LogP contribution is 2.17. The van der Waals surface area contributed by atoms with Crippen molar-refractivity contribution >= 4 is 6.03 Å². The van der Waals surface area contributed by atoms with Crippen molar-refractivity contribution in [2.75, 3.05) is 13.2 Å². The average Bonchev–Trinajstić information content (AvgIpc) is 2.07. The van der Waals surface area contributed by atoms with Gasteiger partial charge in [0.2, 0.25) is 0 Å². The highest BCUT2D eigenvalue weighted by molar-refractivity contribution is 5.74. The topological polar surface area (TPSA) is 81.6 Å². The van der Waals surface area contributed by atoms with E-state index < -0.39 is 6.04 Å². The van der Waals surface area contributed by atoms with Crippen molar-refractivity contribution < 1.29 is 15.0 Å². The van der Waals surface area contributed by atoms with E-state index in [1.807, 2.05) is 0 Å². The van der Waals surface area contributed by atoms with E-state index in [2.05, 4.69) is 10.6 Å². The highest BCUT2D eigenvalue weighted by atomic mass is 16.3. The summed E-state index contributed by atoms with van der Waals surface area (Å²) in [5.41, 5.74) is 0. The van der Waals surface area contributed by atoms with Crippen LogP contribution in [0, 0.1) is 0 Å². The van der Waals surface area contributed by atoms with Crippen LogP contribution in [0.4, 0.5) is 4.79 Å². The summed E-state index contributed by atoms with van der Waals surface area (Å²) in [6.45, 7) is -0.483. The maximum Gasteiger partial charge on any atom is 0.315 e. The van der Waals surface area contributed by atoms with Gasteiger partial charge in [0.25, 0.3) is 0 Å². The van der Waals surface area contributed by atoms with Crippen LogP contribution in [-0.2, 0) is 0 Å². The Kier molecular flexibility index (Phi) is 3.98. The third-order valence-electron chi connectivity index (χ3n) is 2.22. The lowest BCUT2D eigenvalue weighted by atomic mass is 9.93. The Morgan fingerprint density at radius 2 is 2.00 bits per heavy atom. The summed E-state index contributed by atoms with van der Waals surface area (Å²) >= 11 is 0. The molecule has 0 saturated heterocycles. The third-order valence-corrected chi connectivity index (χ3v) is 2.22. The molecule has 0 atom stereocenters. The number of rotatable bonds is 4. The molecule has 0 spiro atoms. The first-order valence-corrected chi connectivity index (χ1v) is 4.55. The lowest BCUT2D eigenvalue weighted by Crippen LogP contribution is -2.50. The minimum Gasteiger partial charge on any atom is -0.394 e. The van der Waals surface area contributed by atoms with Crippen molar-refractivity contribution in [3.63, 3.8) is 0 Å². The Balaban J connectivity index is 2.14.